The van der Waals surface area contributed by atoms with Gasteiger partial charge in [0, 0.05) is 11.6 Å². The van der Waals surface area contributed by atoms with Crippen molar-refractivity contribution < 1.29 is 4.79 Å². The van der Waals surface area contributed by atoms with Gasteiger partial charge in [-0.05, 0) is 32.9 Å². The van der Waals surface area contributed by atoms with E-state index in [2.05, 4.69) is 20.4 Å². The zero-order valence-electron chi connectivity index (χ0n) is 14.5. The number of hydrogen-bond acceptors (Lipinski definition) is 4. The molecule has 1 aromatic carbocycles. The molecule has 0 saturated heterocycles. The number of nitrogens with one attached hydrogen (secondary N) is 1. The van der Waals surface area contributed by atoms with Crippen LogP contribution in [0.2, 0.25) is 0 Å². The topological polar surface area (TPSA) is 72.7 Å². The highest BCUT2D eigenvalue weighted by Crippen LogP contribution is 2.19. The first-order chi connectivity index (χ1) is 12.1. The summed E-state index contributed by atoms with van der Waals surface area (Å²) in [6, 6.07) is 13.5. The molecule has 1 N–H and O–H groups in total. The number of hydrogen-bond donors (Lipinski definition) is 1. The zero-order chi connectivity index (χ0) is 17.8. The summed E-state index contributed by atoms with van der Waals surface area (Å²) in [6.45, 7) is 5.79. The molecule has 0 bridgehead atoms. The van der Waals surface area contributed by atoms with E-state index in [0.29, 0.717) is 11.3 Å². The van der Waals surface area contributed by atoms with Gasteiger partial charge in [-0.2, -0.15) is 5.10 Å². The standard InChI is InChI=1S/C19H21N5O/c1-13(15(3)24-12-20-11-21-24)23-19(25)17-9-10-18(22-14(17)2)16-7-5-4-6-8-16/h4-13,15H,1-3H3,(H,23,25)/t13-,15-/m1/s1. The Hall–Kier alpha value is -3.02. The smallest absolute Gasteiger partial charge is 0.253 e. The zero-order valence-corrected chi connectivity index (χ0v) is 14.5. The van der Waals surface area contributed by atoms with Crippen molar-refractivity contribution in [3.05, 3.63) is 66.4 Å². The number of amides is 1. The number of benzene rings is 1. The van der Waals surface area contributed by atoms with Gasteiger partial charge in [-0.15, -0.1) is 0 Å². The van der Waals surface area contributed by atoms with Crippen LogP contribution in [0.1, 0.15) is 35.9 Å². The Morgan fingerprint density at radius 2 is 1.88 bits per heavy atom. The molecule has 6 nitrogen and oxygen atoms in total. The molecular weight excluding hydrogens is 314 g/mol. The van der Waals surface area contributed by atoms with E-state index in [0.717, 1.165) is 11.3 Å². The molecule has 2 atom stereocenters. The van der Waals surface area contributed by atoms with Gasteiger partial charge < -0.3 is 5.32 Å². The molecule has 6 heteroatoms. The van der Waals surface area contributed by atoms with E-state index in [9.17, 15) is 4.79 Å². The number of pyridine rings is 1. The number of carbonyl (C=O) groups excluding carboxylic acids is 1. The summed E-state index contributed by atoms with van der Waals surface area (Å²) >= 11 is 0. The normalized spacial score (nSPS) is 13.2. The van der Waals surface area contributed by atoms with Crippen molar-refractivity contribution in [2.45, 2.75) is 32.9 Å². The highest BCUT2D eigenvalue weighted by atomic mass is 16.1. The molecule has 0 aliphatic heterocycles. The molecule has 0 unspecified atom stereocenters. The van der Waals surface area contributed by atoms with E-state index in [1.165, 1.54) is 6.33 Å². The van der Waals surface area contributed by atoms with Gasteiger partial charge in [0.05, 0.1) is 23.0 Å². The van der Waals surface area contributed by atoms with Crippen LogP contribution in [0.4, 0.5) is 0 Å². The predicted molar refractivity (Wildman–Crippen MR) is 96.1 cm³/mol. The van der Waals surface area contributed by atoms with Crippen molar-refractivity contribution in [1.82, 2.24) is 25.1 Å². The summed E-state index contributed by atoms with van der Waals surface area (Å²) in [6.07, 6.45) is 3.14. The minimum absolute atomic E-state index is 0.00306. The van der Waals surface area contributed by atoms with Gasteiger partial charge in [-0.1, -0.05) is 30.3 Å². The largest absolute Gasteiger partial charge is 0.347 e. The van der Waals surface area contributed by atoms with Crippen LogP contribution in [0.25, 0.3) is 11.3 Å². The SMILES string of the molecule is Cc1nc(-c2ccccc2)ccc1C(=O)N[C@H](C)[C@@H](C)n1cncn1. The van der Waals surface area contributed by atoms with Crippen molar-refractivity contribution >= 4 is 5.91 Å². The highest BCUT2D eigenvalue weighted by Gasteiger charge is 2.19. The lowest BCUT2D eigenvalue weighted by molar-refractivity contribution is 0.0927. The van der Waals surface area contributed by atoms with E-state index in [1.54, 1.807) is 11.0 Å². The van der Waals surface area contributed by atoms with Crippen molar-refractivity contribution in [3.8, 4) is 11.3 Å². The molecule has 3 aromatic rings. The molecule has 0 aliphatic carbocycles. The summed E-state index contributed by atoms with van der Waals surface area (Å²) < 4.78 is 1.73. The Kier molecular flexibility index (Phi) is 4.88. The minimum Gasteiger partial charge on any atom is -0.347 e. The minimum atomic E-state index is -0.135. The molecule has 0 aliphatic rings. The number of nitrogens with zero attached hydrogens (tertiary/aromatic N) is 4. The van der Waals surface area contributed by atoms with Crippen LogP contribution in [-0.4, -0.2) is 31.7 Å². The van der Waals surface area contributed by atoms with E-state index < -0.39 is 0 Å². The molecular formula is C19H21N5O. The summed E-state index contributed by atoms with van der Waals surface area (Å²) in [4.78, 5) is 21.1. The third-order valence-electron chi connectivity index (χ3n) is 4.34. The van der Waals surface area contributed by atoms with Gasteiger partial charge in [-0.3, -0.25) is 9.78 Å². The molecule has 2 aromatic heterocycles. The van der Waals surface area contributed by atoms with Crippen molar-refractivity contribution in [2.75, 3.05) is 0 Å². The Morgan fingerprint density at radius 3 is 2.52 bits per heavy atom. The lowest BCUT2D eigenvalue weighted by atomic mass is 10.1. The van der Waals surface area contributed by atoms with Crippen LogP contribution in [0.15, 0.2) is 55.1 Å². The van der Waals surface area contributed by atoms with Crippen molar-refractivity contribution in [3.63, 3.8) is 0 Å². The average Bonchev–Trinajstić information content (AvgIpc) is 3.16. The summed E-state index contributed by atoms with van der Waals surface area (Å²) in [5, 5.41) is 7.14. The van der Waals surface area contributed by atoms with E-state index in [4.69, 9.17) is 0 Å². The fraction of sp³-hybridized carbons (Fsp3) is 0.263. The quantitative estimate of drug-likeness (QED) is 0.778. The van der Waals surface area contributed by atoms with E-state index in [-0.39, 0.29) is 18.0 Å². The maximum atomic E-state index is 12.6. The van der Waals surface area contributed by atoms with Crippen LogP contribution >= 0.6 is 0 Å². The van der Waals surface area contributed by atoms with Crippen LogP contribution in [0.3, 0.4) is 0 Å². The summed E-state index contributed by atoms with van der Waals surface area (Å²) in [5.74, 6) is -0.135. The first kappa shape index (κ1) is 16.8. The third-order valence-corrected chi connectivity index (χ3v) is 4.34. The third kappa shape index (κ3) is 3.74. The Bertz CT molecular complexity index is 846. The Labute approximate surface area is 146 Å². The molecule has 3 rings (SSSR count). The molecule has 25 heavy (non-hydrogen) atoms. The van der Waals surface area contributed by atoms with Crippen LogP contribution in [0, 0.1) is 6.92 Å². The van der Waals surface area contributed by atoms with Gasteiger partial charge in [0.15, 0.2) is 0 Å². The number of rotatable bonds is 5. The molecule has 128 valence electrons. The summed E-state index contributed by atoms with van der Waals surface area (Å²) in [7, 11) is 0. The molecule has 0 fully saturated rings. The lowest BCUT2D eigenvalue weighted by Crippen LogP contribution is -2.38. The van der Waals surface area contributed by atoms with E-state index in [1.807, 2.05) is 63.2 Å². The fourth-order valence-electron chi connectivity index (χ4n) is 2.63. The van der Waals surface area contributed by atoms with Crippen molar-refractivity contribution in [2.24, 2.45) is 0 Å². The second-order valence-electron chi connectivity index (χ2n) is 6.07. The monoisotopic (exact) mass is 335 g/mol. The van der Waals surface area contributed by atoms with Gasteiger partial charge >= 0.3 is 0 Å². The molecule has 2 heterocycles. The molecule has 1 amide bonds. The predicted octanol–water partition coefficient (Wildman–Crippen LogP) is 3.03. The Morgan fingerprint density at radius 1 is 1.12 bits per heavy atom. The van der Waals surface area contributed by atoms with Crippen LogP contribution in [0.5, 0.6) is 0 Å². The Balaban J connectivity index is 1.74. The first-order valence-corrected chi connectivity index (χ1v) is 8.24. The second kappa shape index (κ2) is 7.25. The second-order valence-corrected chi connectivity index (χ2v) is 6.07. The molecule has 0 saturated carbocycles. The number of carbonyl (C=O) groups is 1. The van der Waals surface area contributed by atoms with E-state index >= 15 is 0 Å². The van der Waals surface area contributed by atoms with Crippen LogP contribution in [-0.2, 0) is 0 Å². The first-order valence-electron chi connectivity index (χ1n) is 8.24. The maximum absolute atomic E-state index is 12.6. The average molecular weight is 335 g/mol. The summed E-state index contributed by atoms with van der Waals surface area (Å²) in [5.41, 5.74) is 3.18. The number of aromatic nitrogens is 4. The van der Waals surface area contributed by atoms with Gasteiger partial charge in [0.25, 0.3) is 5.91 Å². The van der Waals surface area contributed by atoms with Crippen molar-refractivity contribution in [1.29, 1.82) is 0 Å². The maximum Gasteiger partial charge on any atom is 0.253 e. The fourth-order valence-corrected chi connectivity index (χ4v) is 2.63. The number of aryl methyl sites for hydroxylation is 1. The van der Waals surface area contributed by atoms with Gasteiger partial charge in [-0.25, -0.2) is 9.67 Å². The highest BCUT2D eigenvalue weighted by molar-refractivity contribution is 5.95. The molecule has 0 radical (unpaired) electrons. The van der Waals surface area contributed by atoms with Gasteiger partial charge in [0.2, 0.25) is 0 Å². The lowest BCUT2D eigenvalue weighted by Gasteiger charge is -2.21. The molecule has 0 spiro atoms. The van der Waals surface area contributed by atoms with Gasteiger partial charge in [0.1, 0.15) is 12.7 Å². The van der Waals surface area contributed by atoms with Crippen LogP contribution < -0.4 is 5.32 Å².